The first-order valence-corrected chi connectivity index (χ1v) is 10.0. The maximum absolute atomic E-state index is 12.2. The van der Waals surface area contributed by atoms with E-state index in [0.29, 0.717) is 22.6 Å². The lowest BCUT2D eigenvalue weighted by molar-refractivity contribution is -0.119. The van der Waals surface area contributed by atoms with Crippen LogP contribution in [0, 0.1) is 6.92 Å². The molecule has 1 heterocycles. The Bertz CT molecular complexity index is 747. The molecule has 2 aromatic rings. The van der Waals surface area contributed by atoms with Gasteiger partial charge in [-0.1, -0.05) is 54.8 Å². The van der Waals surface area contributed by atoms with Gasteiger partial charge in [-0.05, 0) is 38.0 Å². The first-order chi connectivity index (χ1) is 12.1. The number of aromatic nitrogens is 2. The van der Waals surface area contributed by atoms with E-state index >= 15 is 0 Å². The molecule has 0 spiro atoms. The van der Waals surface area contributed by atoms with Crippen molar-refractivity contribution >= 4 is 29.3 Å². The van der Waals surface area contributed by atoms with Gasteiger partial charge in [0.1, 0.15) is 5.03 Å². The number of hydrogen-bond donors (Lipinski definition) is 1. The molecule has 1 aromatic carbocycles. The topological polar surface area (TPSA) is 54.9 Å². The number of benzene rings is 1. The fourth-order valence-electron chi connectivity index (χ4n) is 3.03. The monoisotopic (exact) mass is 375 g/mol. The molecule has 0 bridgehead atoms. The number of hydrogen-bond acceptors (Lipinski definition) is 4. The van der Waals surface area contributed by atoms with Crippen LogP contribution in [0.2, 0.25) is 5.02 Å². The summed E-state index contributed by atoms with van der Waals surface area (Å²) in [5.41, 5.74) is 1.75. The SMILES string of the molecule is Cc1cc(SCC(=O)NC2CCCCC2)nc(-c2cccc(Cl)c2)n1. The number of nitrogens with one attached hydrogen (secondary N) is 1. The van der Waals surface area contributed by atoms with Crippen molar-refractivity contribution in [3.8, 4) is 11.4 Å². The van der Waals surface area contributed by atoms with Crippen LogP contribution in [0.5, 0.6) is 0 Å². The summed E-state index contributed by atoms with van der Waals surface area (Å²) in [6.07, 6.45) is 5.91. The van der Waals surface area contributed by atoms with Crippen LogP contribution >= 0.6 is 23.4 Å². The van der Waals surface area contributed by atoms with Gasteiger partial charge in [0, 0.05) is 22.3 Å². The lowest BCUT2D eigenvalue weighted by Crippen LogP contribution is -2.37. The number of carbonyl (C=O) groups excluding carboxylic acids is 1. The third-order valence-electron chi connectivity index (χ3n) is 4.23. The van der Waals surface area contributed by atoms with E-state index in [-0.39, 0.29) is 5.91 Å². The Morgan fingerprint density at radius 1 is 1.24 bits per heavy atom. The third kappa shape index (κ3) is 5.44. The maximum Gasteiger partial charge on any atom is 0.230 e. The van der Waals surface area contributed by atoms with Crippen LogP contribution in [-0.2, 0) is 4.79 Å². The molecule has 1 amide bonds. The number of carbonyl (C=O) groups is 1. The molecule has 25 heavy (non-hydrogen) atoms. The molecule has 1 aromatic heterocycles. The molecule has 0 unspecified atom stereocenters. The zero-order chi connectivity index (χ0) is 17.6. The summed E-state index contributed by atoms with van der Waals surface area (Å²) in [5.74, 6) is 1.09. The van der Waals surface area contributed by atoms with Gasteiger partial charge >= 0.3 is 0 Å². The summed E-state index contributed by atoms with van der Waals surface area (Å²) < 4.78 is 0. The fraction of sp³-hybridized carbons (Fsp3) is 0.421. The van der Waals surface area contributed by atoms with Crippen LogP contribution in [0.4, 0.5) is 0 Å². The normalized spacial score (nSPS) is 15.1. The van der Waals surface area contributed by atoms with Gasteiger partial charge < -0.3 is 5.32 Å². The summed E-state index contributed by atoms with van der Waals surface area (Å²) in [5, 5.41) is 4.60. The van der Waals surface area contributed by atoms with Gasteiger partial charge in [-0.2, -0.15) is 0 Å². The van der Waals surface area contributed by atoms with E-state index < -0.39 is 0 Å². The second-order valence-corrected chi connectivity index (χ2v) is 7.80. The van der Waals surface area contributed by atoms with Crippen LogP contribution in [0.25, 0.3) is 11.4 Å². The van der Waals surface area contributed by atoms with Crippen LogP contribution < -0.4 is 5.32 Å². The van der Waals surface area contributed by atoms with E-state index in [4.69, 9.17) is 11.6 Å². The molecule has 0 atom stereocenters. The van der Waals surface area contributed by atoms with Gasteiger partial charge in [-0.25, -0.2) is 9.97 Å². The summed E-state index contributed by atoms with van der Waals surface area (Å²) in [7, 11) is 0. The molecule has 0 aliphatic heterocycles. The number of thioether (sulfide) groups is 1. The average molecular weight is 376 g/mol. The Labute approximate surface area is 157 Å². The van der Waals surface area contributed by atoms with E-state index in [2.05, 4.69) is 15.3 Å². The predicted molar refractivity (Wildman–Crippen MR) is 103 cm³/mol. The Morgan fingerprint density at radius 2 is 2.04 bits per heavy atom. The van der Waals surface area contributed by atoms with E-state index in [9.17, 15) is 4.79 Å². The molecule has 0 radical (unpaired) electrons. The van der Waals surface area contributed by atoms with E-state index in [1.54, 1.807) is 0 Å². The molecule has 1 aliphatic rings. The molecule has 3 rings (SSSR count). The summed E-state index contributed by atoms with van der Waals surface area (Å²) in [6.45, 7) is 1.93. The highest BCUT2D eigenvalue weighted by Gasteiger charge is 2.16. The first-order valence-electron chi connectivity index (χ1n) is 8.64. The number of halogens is 1. The van der Waals surface area contributed by atoms with Crippen molar-refractivity contribution in [2.24, 2.45) is 0 Å². The molecule has 132 valence electrons. The molecule has 6 heteroatoms. The minimum absolute atomic E-state index is 0.0810. The molecule has 1 saturated carbocycles. The quantitative estimate of drug-likeness (QED) is 0.610. The van der Waals surface area contributed by atoms with Crippen molar-refractivity contribution in [1.82, 2.24) is 15.3 Å². The smallest absolute Gasteiger partial charge is 0.230 e. The molecular weight excluding hydrogens is 354 g/mol. The second kappa shape index (κ2) is 8.68. The summed E-state index contributed by atoms with van der Waals surface area (Å²) in [6, 6.07) is 9.74. The van der Waals surface area contributed by atoms with Crippen LogP contribution in [0.1, 0.15) is 37.8 Å². The molecule has 4 nitrogen and oxygen atoms in total. The van der Waals surface area contributed by atoms with Crippen LogP contribution in [0.3, 0.4) is 0 Å². The number of aryl methyl sites for hydroxylation is 1. The Kier molecular flexibility index (Phi) is 6.32. The first kappa shape index (κ1) is 18.2. The van der Waals surface area contributed by atoms with Crippen LogP contribution in [-0.4, -0.2) is 27.7 Å². The highest BCUT2D eigenvalue weighted by molar-refractivity contribution is 7.99. The summed E-state index contributed by atoms with van der Waals surface area (Å²) in [4.78, 5) is 21.2. The lowest BCUT2D eigenvalue weighted by Gasteiger charge is -2.22. The van der Waals surface area contributed by atoms with Gasteiger partial charge in [0.25, 0.3) is 0 Å². The number of nitrogens with zero attached hydrogens (tertiary/aromatic N) is 2. The van der Waals surface area contributed by atoms with Gasteiger partial charge in [0.2, 0.25) is 5.91 Å². The largest absolute Gasteiger partial charge is 0.353 e. The van der Waals surface area contributed by atoms with Gasteiger partial charge in [0.15, 0.2) is 5.82 Å². The predicted octanol–water partition coefficient (Wildman–Crippen LogP) is 4.65. The van der Waals surface area contributed by atoms with Crippen molar-refractivity contribution in [1.29, 1.82) is 0 Å². The van der Waals surface area contributed by atoms with Crippen molar-refractivity contribution in [3.05, 3.63) is 41.0 Å². The van der Waals surface area contributed by atoms with Gasteiger partial charge in [-0.15, -0.1) is 0 Å². The minimum atomic E-state index is 0.0810. The Balaban J connectivity index is 1.63. The van der Waals surface area contributed by atoms with Crippen molar-refractivity contribution < 1.29 is 4.79 Å². The number of amides is 1. The van der Waals surface area contributed by atoms with E-state index in [0.717, 1.165) is 29.1 Å². The number of rotatable bonds is 5. The van der Waals surface area contributed by atoms with Crippen molar-refractivity contribution in [2.45, 2.75) is 50.1 Å². The van der Waals surface area contributed by atoms with Gasteiger partial charge in [-0.3, -0.25) is 4.79 Å². The van der Waals surface area contributed by atoms with Gasteiger partial charge in [0.05, 0.1) is 5.75 Å². The highest BCUT2D eigenvalue weighted by Crippen LogP contribution is 2.24. The Morgan fingerprint density at radius 3 is 2.80 bits per heavy atom. The van der Waals surface area contributed by atoms with Crippen molar-refractivity contribution in [3.63, 3.8) is 0 Å². The third-order valence-corrected chi connectivity index (χ3v) is 5.38. The molecule has 0 saturated heterocycles. The second-order valence-electron chi connectivity index (χ2n) is 6.37. The summed E-state index contributed by atoms with van der Waals surface area (Å²) >= 11 is 7.50. The standard InChI is InChI=1S/C19H22ClN3OS/c1-13-10-18(23-19(21-13)14-6-5-7-15(20)11-14)25-12-17(24)22-16-8-3-2-4-9-16/h5-7,10-11,16H,2-4,8-9,12H2,1H3,(H,22,24). The zero-order valence-corrected chi connectivity index (χ0v) is 15.9. The maximum atomic E-state index is 12.2. The fourth-order valence-corrected chi connectivity index (χ4v) is 3.98. The van der Waals surface area contributed by atoms with Crippen LogP contribution in [0.15, 0.2) is 35.4 Å². The molecule has 1 fully saturated rings. The molecular formula is C19H22ClN3OS. The molecule has 1 N–H and O–H groups in total. The Hall–Kier alpha value is -1.59. The minimum Gasteiger partial charge on any atom is -0.353 e. The molecule has 1 aliphatic carbocycles. The average Bonchev–Trinajstić information content (AvgIpc) is 2.60. The van der Waals surface area contributed by atoms with Crippen molar-refractivity contribution in [2.75, 3.05) is 5.75 Å². The zero-order valence-electron chi connectivity index (χ0n) is 14.3. The van der Waals surface area contributed by atoms with E-state index in [1.807, 2.05) is 37.3 Å². The lowest BCUT2D eigenvalue weighted by atomic mass is 9.95. The van der Waals surface area contributed by atoms with E-state index in [1.165, 1.54) is 31.0 Å². The highest BCUT2D eigenvalue weighted by atomic mass is 35.5.